The van der Waals surface area contributed by atoms with Gasteiger partial charge >= 0.3 is 0 Å². The molecule has 2 atom stereocenters. The Kier molecular flexibility index (Phi) is 2.36. The molecule has 2 heterocycles. The summed E-state index contributed by atoms with van der Waals surface area (Å²) < 4.78 is 1.89. The summed E-state index contributed by atoms with van der Waals surface area (Å²) in [6, 6.07) is 2.78. The van der Waals surface area contributed by atoms with Gasteiger partial charge in [-0.1, -0.05) is 0 Å². The Balaban J connectivity index is 2.08. The standard InChI is InChI=1S/C10H17N3/c1-8-7-9(3-5-11-8)10-4-6-13(2)12-10/h4,6,8-9,11H,3,5,7H2,1-2H3. The molecule has 1 fully saturated rings. The van der Waals surface area contributed by atoms with Gasteiger partial charge in [0.05, 0.1) is 5.69 Å². The van der Waals surface area contributed by atoms with E-state index in [0.29, 0.717) is 12.0 Å². The summed E-state index contributed by atoms with van der Waals surface area (Å²) in [5.41, 5.74) is 1.26. The third-order valence-electron chi connectivity index (χ3n) is 2.78. The Bertz CT molecular complexity index is 279. The van der Waals surface area contributed by atoms with Crippen molar-refractivity contribution >= 4 is 0 Å². The number of nitrogens with one attached hydrogen (secondary N) is 1. The Hall–Kier alpha value is -0.830. The van der Waals surface area contributed by atoms with Crippen molar-refractivity contribution in [3.63, 3.8) is 0 Å². The predicted molar refractivity (Wildman–Crippen MR) is 52.6 cm³/mol. The lowest BCUT2D eigenvalue weighted by atomic mass is 9.91. The van der Waals surface area contributed by atoms with Crippen LogP contribution in [0.5, 0.6) is 0 Å². The minimum Gasteiger partial charge on any atom is -0.314 e. The molecular weight excluding hydrogens is 162 g/mol. The molecule has 1 saturated heterocycles. The van der Waals surface area contributed by atoms with Crippen molar-refractivity contribution in [2.45, 2.75) is 31.7 Å². The van der Waals surface area contributed by atoms with Crippen LogP contribution in [0.15, 0.2) is 12.3 Å². The van der Waals surface area contributed by atoms with Gasteiger partial charge in [-0.25, -0.2) is 0 Å². The minimum atomic E-state index is 0.640. The number of piperidine rings is 1. The van der Waals surface area contributed by atoms with E-state index in [-0.39, 0.29) is 0 Å². The van der Waals surface area contributed by atoms with Crippen LogP contribution in [0, 0.1) is 0 Å². The van der Waals surface area contributed by atoms with Crippen LogP contribution in [0.4, 0.5) is 0 Å². The first-order chi connectivity index (χ1) is 6.25. The average molecular weight is 179 g/mol. The molecule has 2 rings (SSSR count). The Morgan fingerprint density at radius 2 is 2.46 bits per heavy atom. The van der Waals surface area contributed by atoms with Crippen LogP contribution in [0.1, 0.15) is 31.4 Å². The second-order valence-corrected chi connectivity index (χ2v) is 3.99. The highest BCUT2D eigenvalue weighted by molar-refractivity contribution is 5.08. The summed E-state index contributed by atoms with van der Waals surface area (Å²) in [6.07, 6.45) is 4.47. The molecule has 0 amide bonds. The lowest BCUT2D eigenvalue weighted by Gasteiger charge is -2.26. The Morgan fingerprint density at radius 1 is 1.62 bits per heavy atom. The molecule has 1 aromatic heterocycles. The highest BCUT2D eigenvalue weighted by Gasteiger charge is 2.21. The van der Waals surface area contributed by atoms with Gasteiger partial charge in [0.15, 0.2) is 0 Å². The van der Waals surface area contributed by atoms with Crippen LogP contribution in [0.2, 0.25) is 0 Å². The van der Waals surface area contributed by atoms with Crippen molar-refractivity contribution in [3.8, 4) is 0 Å². The van der Waals surface area contributed by atoms with Gasteiger partial charge in [0, 0.05) is 25.2 Å². The zero-order valence-electron chi connectivity index (χ0n) is 8.33. The molecule has 0 bridgehead atoms. The third-order valence-corrected chi connectivity index (χ3v) is 2.78. The van der Waals surface area contributed by atoms with Gasteiger partial charge in [-0.2, -0.15) is 5.10 Å². The van der Waals surface area contributed by atoms with Crippen molar-refractivity contribution < 1.29 is 0 Å². The average Bonchev–Trinajstić information content (AvgIpc) is 2.52. The van der Waals surface area contributed by atoms with E-state index >= 15 is 0 Å². The number of rotatable bonds is 1. The van der Waals surface area contributed by atoms with E-state index in [1.807, 2.05) is 17.9 Å². The molecule has 2 unspecified atom stereocenters. The first kappa shape index (κ1) is 8.75. The fraction of sp³-hybridized carbons (Fsp3) is 0.700. The van der Waals surface area contributed by atoms with Crippen molar-refractivity contribution in [1.82, 2.24) is 15.1 Å². The van der Waals surface area contributed by atoms with E-state index in [0.717, 1.165) is 6.54 Å². The van der Waals surface area contributed by atoms with Crippen LogP contribution >= 0.6 is 0 Å². The molecule has 3 nitrogen and oxygen atoms in total. The summed E-state index contributed by atoms with van der Waals surface area (Å²) in [6.45, 7) is 3.37. The molecule has 0 aliphatic carbocycles. The van der Waals surface area contributed by atoms with Crippen LogP contribution in [-0.2, 0) is 7.05 Å². The summed E-state index contributed by atoms with van der Waals surface area (Å²) in [5, 5.41) is 7.91. The van der Waals surface area contributed by atoms with Crippen LogP contribution in [-0.4, -0.2) is 22.4 Å². The largest absolute Gasteiger partial charge is 0.314 e. The molecule has 1 aliphatic rings. The molecule has 1 aromatic rings. The van der Waals surface area contributed by atoms with Gasteiger partial charge in [-0.3, -0.25) is 4.68 Å². The highest BCUT2D eigenvalue weighted by atomic mass is 15.2. The van der Waals surface area contributed by atoms with E-state index in [4.69, 9.17) is 0 Å². The molecule has 13 heavy (non-hydrogen) atoms. The van der Waals surface area contributed by atoms with Crippen molar-refractivity contribution in [1.29, 1.82) is 0 Å². The van der Waals surface area contributed by atoms with Crippen LogP contribution in [0.3, 0.4) is 0 Å². The second kappa shape index (κ2) is 3.50. The fourth-order valence-corrected chi connectivity index (χ4v) is 2.05. The first-order valence-corrected chi connectivity index (χ1v) is 4.98. The fourth-order valence-electron chi connectivity index (χ4n) is 2.05. The number of hydrogen-bond donors (Lipinski definition) is 1. The number of aromatic nitrogens is 2. The topological polar surface area (TPSA) is 29.9 Å². The predicted octanol–water partition coefficient (Wildman–Crippen LogP) is 1.28. The lowest BCUT2D eigenvalue weighted by Crippen LogP contribution is -2.35. The number of hydrogen-bond acceptors (Lipinski definition) is 2. The lowest BCUT2D eigenvalue weighted by molar-refractivity contribution is 0.375. The van der Waals surface area contributed by atoms with E-state index < -0.39 is 0 Å². The second-order valence-electron chi connectivity index (χ2n) is 3.99. The number of aryl methyl sites for hydroxylation is 1. The molecule has 0 saturated carbocycles. The van der Waals surface area contributed by atoms with E-state index in [2.05, 4.69) is 23.4 Å². The maximum absolute atomic E-state index is 4.46. The van der Waals surface area contributed by atoms with Crippen molar-refractivity contribution in [3.05, 3.63) is 18.0 Å². The van der Waals surface area contributed by atoms with Gasteiger partial charge in [0.25, 0.3) is 0 Å². The quantitative estimate of drug-likeness (QED) is 0.703. The van der Waals surface area contributed by atoms with Gasteiger partial charge in [-0.05, 0) is 32.4 Å². The monoisotopic (exact) mass is 179 g/mol. The van der Waals surface area contributed by atoms with Crippen molar-refractivity contribution in [2.24, 2.45) is 7.05 Å². The first-order valence-electron chi connectivity index (χ1n) is 4.98. The molecule has 0 radical (unpaired) electrons. The zero-order valence-corrected chi connectivity index (χ0v) is 8.33. The summed E-state index contributed by atoms with van der Waals surface area (Å²) in [7, 11) is 1.98. The van der Waals surface area contributed by atoms with Gasteiger partial charge in [-0.15, -0.1) is 0 Å². The third kappa shape index (κ3) is 1.91. The van der Waals surface area contributed by atoms with E-state index in [9.17, 15) is 0 Å². The molecule has 0 spiro atoms. The Labute approximate surface area is 79.1 Å². The summed E-state index contributed by atoms with van der Waals surface area (Å²) in [4.78, 5) is 0. The molecule has 3 heteroatoms. The molecular formula is C10H17N3. The minimum absolute atomic E-state index is 0.640. The summed E-state index contributed by atoms with van der Waals surface area (Å²) in [5.74, 6) is 0.664. The Morgan fingerprint density at radius 3 is 3.08 bits per heavy atom. The van der Waals surface area contributed by atoms with Crippen LogP contribution < -0.4 is 5.32 Å². The normalized spacial score (nSPS) is 29.1. The molecule has 0 aromatic carbocycles. The molecule has 1 N–H and O–H groups in total. The van der Waals surface area contributed by atoms with Gasteiger partial charge in [0.1, 0.15) is 0 Å². The van der Waals surface area contributed by atoms with E-state index in [1.165, 1.54) is 18.5 Å². The maximum atomic E-state index is 4.46. The SMILES string of the molecule is CC1CC(c2ccn(C)n2)CCN1. The van der Waals surface area contributed by atoms with Crippen molar-refractivity contribution in [2.75, 3.05) is 6.54 Å². The molecule has 1 aliphatic heterocycles. The van der Waals surface area contributed by atoms with Gasteiger partial charge < -0.3 is 5.32 Å². The highest BCUT2D eigenvalue weighted by Crippen LogP contribution is 2.25. The van der Waals surface area contributed by atoms with Crippen LogP contribution in [0.25, 0.3) is 0 Å². The maximum Gasteiger partial charge on any atom is 0.0656 e. The van der Waals surface area contributed by atoms with E-state index in [1.54, 1.807) is 0 Å². The zero-order chi connectivity index (χ0) is 9.26. The van der Waals surface area contributed by atoms with Gasteiger partial charge in [0.2, 0.25) is 0 Å². The number of nitrogens with zero attached hydrogens (tertiary/aromatic N) is 2. The summed E-state index contributed by atoms with van der Waals surface area (Å²) >= 11 is 0. The molecule has 72 valence electrons. The smallest absolute Gasteiger partial charge is 0.0656 e.